The third kappa shape index (κ3) is 4.32. The molecule has 172 valence electrons. The van der Waals surface area contributed by atoms with Crippen LogP contribution in [0.5, 0.6) is 0 Å². The number of hydrogen-bond acceptors (Lipinski definition) is 4. The third-order valence-electron chi connectivity index (χ3n) is 6.39. The van der Waals surface area contributed by atoms with Gasteiger partial charge in [0.2, 0.25) is 0 Å². The van der Waals surface area contributed by atoms with Crippen LogP contribution in [0.2, 0.25) is 0 Å². The van der Waals surface area contributed by atoms with Gasteiger partial charge in [-0.3, -0.25) is 9.35 Å². The van der Waals surface area contributed by atoms with Crippen LogP contribution in [-0.4, -0.2) is 29.6 Å². The van der Waals surface area contributed by atoms with Crippen molar-refractivity contribution in [1.29, 1.82) is 0 Å². The molecule has 6 nitrogen and oxygen atoms in total. The molecule has 1 saturated carbocycles. The molecule has 0 spiro atoms. The van der Waals surface area contributed by atoms with E-state index in [1.165, 1.54) is 24.3 Å². The van der Waals surface area contributed by atoms with Crippen molar-refractivity contribution in [2.75, 3.05) is 0 Å². The van der Waals surface area contributed by atoms with Gasteiger partial charge in [0.1, 0.15) is 0 Å². The van der Waals surface area contributed by atoms with Gasteiger partial charge >= 0.3 is 0 Å². The smallest absolute Gasteiger partial charge is 0.282 e. The van der Waals surface area contributed by atoms with Crippen molar-refractivity contribution in [3.8, 4) is 0 Å². The molecule has 1 amide bonds. The lowest BCUT2D eigenvalue weighted by Crippen LogP contribution is -2.31. The maximum atomic E-state index is 13.6. The highest BCUT2D eigenvalue weighted by molar-refractivity contribution is 7.85. The van der Waals surface area contributed by atoms with Crippen molar-refractivity contribution in [1.82, 2.24) is 5.01 Å². The van der Waals surface area contributed by atoms with Crippen LogP contribution in [0.15, 0.2) is 100 Å². The maximum Gasteiger partial charge on any atom is 0.294 e. The maximum absolute atomic E-state index is 13.6. The summed E-state index contributed by atoms with van der Waals surface area (Å²) < 4.78 is 32.1. The number of carbonyl (C=O) groups is 1. The minimum Gasteiger partial charge on any atom is -0.282 e. The first-order valence-electron chi connectivity index (χ1n) is 11.2. The predicted octanol–water partition coefficient (Wildman–Crippen LogP) is 5.37. The molecule has 1 aliphatic heterocycles. The molecule has 0 saturated heterocycles. The van der Waals surface area contributed by atoms with Crippen molar-refractivity contribution in [3.05, 3.63) is 107 Å². The van der Waals surface area contributed by atoms with E-state index < -0.39 is 10.1 Å². The van der Waals surface area contributed by atoms with Crippen LogP contribution in [-0.2, 0) is 10.1 Å². The summed E-state index contributed by atoms with van der Waals surface area (Å²) in [5.41, 5.74) is 4.50. The zero-order valence-corrected chi connectivity index (χ0v) is 19.2. The number of hydrogen-bond donors (Lipinski definition) is 1. The molecule has 1 fully saturated rings. The van der Waals surface area contributed by atoms with Gasteiger partial charge in [-0.15, -0.1) is 0 Å². The second-order valence-electron chi connectivity index (χ2n) is 8.57. The van der Waals surface area contributed by atoms with Gasteiger partial charge in [0.05, 0.1) is 16.6 Å². The molecule has 3 aromatic carbocycles. The minimum absolute atomic E-state index is 0.0761. The molecule has 0 aromatic heterocycles. The Labute approximate surface area is 199 Å². The summed E-state index contributed by atoms with van der Waals surface area (Å²) in [6.45, 7) is 0. The molecule has 0 bridgehead atoms. The summed E-state index contributed by atoms with van der Waals surface area (Å²) in [6.07, 6.45) is 4.99. The molecule has 1 heterocycles. The Hall–Kier alpha value is -3.55. The fraction of sp³-hybridized carbons (Fsp3) is 0.185. The van der Waals surface area contributed by atoms with Gasteiger partial charge in [-0.05, 0) is 66.3 Å². The lowest BCUT2D eigenvalue weighted by atomic mass is 9.77. The Morgan fingerprint density at radius 1 is 0.941 bits per heavy atom. The highest BCUT2D eigenvalue weighted by Crippen LogP contribution is 2.44. The Balaban J connectivity index is 1.56. The van der Waals surface area contributed by atoms with E-state index in [2.05, 4.69) is 18.2 Å². The Morgan fingerprint density at radius 3 is 2.24 bits per heavy atom. The van der Waals surface area contributed by atoms with E-state index in [0.29, 0.717) is 5.56 Å². The SMILES string of the molecule is O=C(c1ccc(S(=O)(=O)O)cc1)N1N=C2/C(=C\c3ccccc3)CCCC2C1c1ccccc1. The van der Waals surface area contributed by atoms with E-state index >= 15 is 0 Å². The Bertz CT molecular complexity index is 1370. The van der Waals surface area contributed by atoms with Gasteiger partial charge in [0, 0.05) is 11.5 Å². The second-order valence-corrected chi connectivity index (χ2v) is 9.99. The first kappa shape index (κ1) is 22.3. The summed E-state index contributed by atoms with van der Waals surface area (Å²) >= 11 is 0. The first-order valence-corrected chi connectivity index (χ1v) is 12.7. The van der Waals surface area contributed by atoms with Gasteiger partial charge in [0.25, 0.3) is 16.0 Å². The summed E-state index contributed by atoms with van der Waals surface area (Å²) in [4.78, 5) is 13.3. The first-order chi connectivity index (χ1) is 16.4. The highest BCUT2D eigenvalue weighted by atomic mass is 32.2. The zero-order chi connectivity index (χ0) is 23.7. The summed E-state index contributed by atoms with van der Waals surface area (Å²) in [5.74, 6) is -0.233. The fourth-order valence-electron chi connectivity index (χ4n) is 4.80. The van der Waals surface area contributed by atoms with Crippen LogP contribution in [0.25, 0.3) is 6.08 Å². The van der Waals surface area contributed by atoms with Gasteiger partial charge < -0.3 is 0 Å². The molecule has 0 radical (unpaired) electrons. The number of rotatable bonds is 4. The third-order valence-corrected chi connectivity index (χ3v) is 7.26. The summed E-state index contributed by atoms with van der Waals surface area (Å²) in [7, 11) is -4.33. The van der Waals surface area contributed by atoms with Crippen molar-refractivity contribution >= 4 is 27.8 Å². The van der Waals surface area contributed by atoms with Gasteiger partial charge in [0.15, 0.2) is 0 Å². The molecule has 2 aliphatic rings. The van der Waals surface area contributed by atoms with Gasteiger partial charge in [-0.1, -0.05) is 60.7 Å². The van der Waals surface area contributed by atoms with Crippen LogP contribution < -0.4 is 0 Å². The summed E-state index contributed by atoms with van der Waals surface area (Å²) in [5, 5.41) is 6.40. The number of hydrazone groups is 1. The molecule has 3 aromatic rings. The number of benzene rings is 3. The molecule has 1 N–H and O–H groups in total. The van der Waals surface area contributed by atoms with Crippen molar-refractivity contribution in [3.63, 3.8) is 0 Å². The Kier molecular flexibility index (Phi) is 5.89. The molecule has 2 unspecified atom stereocenters. The second kappa shape index (κ2) is 9.00. The van der Waals surface area contributed by atoms with Crippen LogP contribution in [0.3, 0.4) is 0 Å². The van der Waals surface area contributed by atoms with Crippen molar-refractivity contribution in [2.24, 2.45) is 11.0 Å². The standard InChI is InChI=1S/C27H24N2O4S/c30-27(21-14-16-23(17-15-21)34(31,32)33)29-26(20-10-5-2-6-11-20)24-13-7-12-22(25(24)28-29)18-19-8-3-1-4-9-19/h1-6,8-11,14-18,24,26H,7,12-13H2,(H,31,32,33)/b22-18-. The molecular formula is C27H24N2O4S. The van der Waals surface area contributed by atoms with E-state index in [-0.39, 0.29) is 22.8 Å². The topological polar surface area (TPSA) is 87.0 Å². The normalized spacial score (nSPS) is 21.3. The predicted molar refractivity (Wildman–Crippen MR) is 131 cm³/mol. The highest BCUT2D eigenvalue weighted by Gasteiger charge is 2.43. The number of amides is 1. The number of fused-ring (bicyclic) bond motifs is 1. The quantitative estimate of drug-likeness (QED) is 0.517. The van der Waals surface area contributed by atoms with E-state index in [9.17, 15) is 17.8 Å². The molecule has 7 heteroatoms. The largest absolute Gasteiger partial charge is 0.294 e. The summed E-state index contributed by atoms with van der Waals surface area (Å²) in [6, 6.07) is 25.0. The van der Waals surface area contributed by atoms with Gasteiger partial charge in [-0.2, -0.15) is 13.5 Å². The lowest BCUT2D eigenvalue weighted by Gasteiger charge is -2.29. The van der Waals surface area contributed by atoms with Crippen LogP contribution in [0.4, 0.5) is 0 Å². The van der Waals surface area contributed by atoms with Crippen LogP contribution in [0, 0.1) is 5.92 Å². The minimum atomic E-state index is -4.33. The van der Waals surface area contributed by atoms with Crippen LogP contribution in [0.1, 0.15) is 46.8 Å². The zero-order valence-electron chi connectivity index (χ0n) is 18.4. The van der Waals surface area contributed by atoms with Gasteiger partial charge in [-0.25, -0.2) is 5.01 Å². The van der Waals surface area contributed by atoms with E-state index in [0.717, 1.165) is 41.7 Å². The molecule has 2 atom stereocenters. The average molecular weight is 473 g/mol. The Morgan fingerprint density at radius 2 is 1.59 bits per heavy atom. The van der Waals surface area contributed by atoms with E-state index in [1.807, 2.05) is 48.5 Å². The molecule has 5 rings (SSSR count). The number of allylic oxidation sites excluding steroid dienone is 1. The van der Waals surface area contributed by atoms with Crippen molar-refractivity contribution < 1.29 is 17.8 Å². The van der Waals surface area contributed by atoms with E-state index in [1.54, 1.807) is 5.01 Å². The lowest BCUT2D eigenvalue weighted by molar-refractivity contribution is 0.0680. The number of carbonyl (C=O) groups excluding carboxylic acids is 1. The monoisotopic (exact) mass is 472 g/mol. The molecular weight excluding hydrogens is 448 g/mol. The molecule has 34 heavy (non-hydrogen) atoms. The van der Waals surface area contributed by atoms with E-state index in [4.69, 9.17) is 5.10 Å². The number of nitrogens with zero attached hydrogens (tertiary/aromatic N) is 2. The molecule has 1 aliphatic carbocycles. The fourth-order valence-corrected chi connectivity index (χ4v) is 5.28. The van der Waals surface area contributed by atoms with Crippen LogP contribution >= 0.6 is 0 Å². The average Bonchev–Trinajstić information content (AvgIpc) is 3.25. The van der Waals surface area contributed by atoms with Crippen molar-refractivity contribution in [2.45, 2.75) is 30.2 Å².